The Labute approximate surface area is 203 Å². The number of nitrogens with zero attached hydrogens (tertiary/aromatic N) is 2. The molecule has 0 radical (unpaired) electrons. The predicted octanol–water partition coefficient (Wildman–Crippen LogP) is 0.851. The van der Waals surface area contributed by atoms with Gasteiger partial charge in [-0.1, -0.05) is 25.1 Å². The number of carboxylic acids is 2. The van der Waals surface area contributed by atoms with Crippen molar-refractivity contribution in [3.8, 4) is 0 Å². The van der Waals surface area contributed by atoms with E-state index < -0.39 is 24.0 Å². The Morgan fingerprint density at radius 2 is 1.88 bits per heavy atom. The molecule has 1 fully saturated rings. The number of hydrogen-bond acceptors (Lipinski definition) is 7. The van der Waals surface area contributed by atoms with Gasteiger partial charge in [0.1, 0.15) is 12.1 Å². The van der Waals surface area contributed by atoms with Crippen molar-refractivity contribution in [2.45, 2.75) is 48.4 Å². The van der Waals surface area contributed by atoms with Crippen LogP contribution in [0.2, 0.25) is 0 Å². The van der Waals surface area contributed by atoms with Gasteiger partial charge in [-0.25, -0.2) is 4.79 Å². The highest BCUT2D eigenvalue weighted by Gasteiger charge is 2.40. The number of carboxylic acid groups (broad SMARTS) is 2. The number of guanidine groups is 1. The number of thioether (sulfide) groups is 1. The van der Waals surface area contributed by atoms with Crippen molar-refractivity contribution in [2.75, 3.05) is 18.8 Å². The summed E-state index contributed by atoms with van der Waals surface area (Å²) in [6.45, 7) is 2.68. The summed E-state index contributed by atoms with van der Waals surface area (Å²) in [5.41, 5.74) is 15.3. The number of carbonyl (C=O) groups excluding carboxylic acids is 1. The van der Waals surface area contributed by atoms with Crippen molar-refractivity contribution < 1.29 is 24.6 Å². The molecular formula is C21H33N5O5S2. The summed E-state index contributed by atoms with van der Waals surface area (Å²) in [6.07, 6.45) is 1.44. The SMILES string of the molecule is C[C@H](CS)C(=O)N1C[C@@H](Sc2ccccc2)C[C@H]1C(=O)O.NC(N)=NCCC[C@H](N)C(=O)O. The first-order valence-electron chi connectivity index (χ1n) is 10.5. The van der Waals surface area contributed by atoms with Crippen LogP contribution in [0.25, 0.3) is 0 Å². The van der Waals surface area contributed by atoms with Gasteiger partial charge in [0.2, 0.25) is 5.91 Å². The third-order valence-electron chi connectivity index (χ3n) is 4.86. The number of benzene rings is 1. The summed E-state index contributed by atoms with van der Waals surface area (Å²) in [5.74, 6) is -1.85. The Morgan fingerprint density at radius 1 is 1.24 bits per heavy atom. The van der Waals surface area contributed by atoms with E-state index in [1.807, 2.05) is 30.3 Å². The van der Waals surface area contributed by atoms with Crippen LogP contribution in [0.3, 0.4) is 0 Å². The predicted molar refractivity (Wildman–Crippen MR) is 132 cm³/mol. The van der Waals surface area contributed by atoms with Gasteiger partial charge in [-0.3, -0.25) is 14.6 Å². The third kappa shape index (κ3) is 10.4. The number of thiol groups is 1. The van der Waals surface area contributed by atoms with Crippen LogP contribution in [-0.2, 0) is 14.4 Å². The molecule has 0 bridgehead atoms. The standard InChI is InChI=1S/C15H19NO3S2.C6H14N4O2/c1-10(9-20)14(17)16-8-12(7-13(16)15(18)19)21-11-5-3-2-4-6-11;7-4(5(11)12)2-1-3-10-6(8)9/h2-6,10,12-13,20H,7-9H2,1H3,(H,18,19);4H,1-3,7H2,(H,11,12)(H4,8,9,10)/t10-,12+,13+;4-/m10/s1. The van der Waals surface area contributed by atoms with Gasteiger partial charge in [-0.2, -0.15) is 12.6 Å². The minimum absolute atomic E-state index is 0.0129. The molecule has 0 unspecified atom stereocenters. The maximum atomic E-state index is 12.3. The molecule has 1 aromatic carbocycles. The third-order valence-corrected chi connectivity index (χ3v) is 6.62. The Morgan fingerprint density at radius 3 is 2.39 bits per heavy atom. The van der Waals surface area contributed by atoms with E-state index in [0.717, 1.165) is 4.90 Å². The van der Waals surface area contributed by atoms with Crippen molar-refractivity contribution in [2.24, 2.45) is 28.1 Å². The van der Waals surface area contributed by atoms with Crippen LogP contribution in [0.1, 0.15) is 26.2 Å². The van der Waals surface area contributed by atoms with E-state index in [-0.39, 0.29) is 23.0 Å². The van der Waals surface area contributed by atoms with Gasteiger partial charge in [0.15, 0.2) is 5.96 Å². The zero-order chi connectivity index (χ0) is 25.0. The summed E-state index contributed by atoms with van der Waals surface area (Å²) in [6, 6.07) is 8.32. The first kappa shape index (κ1) is 28.6. The fraction of sp³-hybridized carbons (Fsp3) is 0.524. The smallest absolute Gasteiger partial charge is 0.326 e. The zero-order valence-electron chi connectivity index (χ0n) is 18.5. The van der Waals surface area contributed by atoms with E-state index in [1.54, 1.807) is 18.7 Å². The molecule has 0 aliphatic carbocycles. The van der Waals surface area contributed by atoms with Gasteiger partial charge < -0.3 is 32.3 Å². The fourth-order valence-electron chi connectivity index (χ4n) is 3.06. The van der Waals surface area contributed by atoms with E-state index in [1.165, 1.54) is 4.90 Å². The van der Waals surface area contributed by atoms with Gasteiger partial charge in [0.25, 0.3) is 0 Å². The number of rotatable bonds is 10. The molecule has 184 valence electrons. The molecule has 8 N–H and O–H groups in total. The van der Waals surface area contributed by atoms with E-state index >= 15 is 0 Å². The van der Waals surface area contributed by atoms with Crippen LogP contribution in [-0.4, -0.2) is 75.1 Å². The van der Waals surface area contributed by atoms with Gasteiger partial charge in [-0.05, 0) is 31.4 Å². The zero-order valence-corrected chi connectivity index (χ0v) is 20.3. The molecule has 33 heavy (non-hydrogen) atoms. The lowest BCUT2D eigenvalue weighted by Gasteiger charge is -2.24. The highest BCUT2D eigenvalue weighted by Crippen LogP contribution is 2.33. The van der Waals surface area contributed by atoms with Crippen molar-refractivity contribution in [1.82, 2.24) is 4.90 Å². The average molecular weight is 500 g/mol. The first-order valence-corrected chi connectivity index (χ1v) is 12.0. The Hall–Kier alpha value is -2.44. The van der Waals surface area contributed by atoms with Crippen LogP contribution in [0, 0.1) is 5.92 Å². The minimum atomic E-state index is -1.00. The number of aliphatic imine (C=N–C) groups is 1. The summed E-state index contributed by atoms with van der Waals surface area (Å²) in [7, 11) is 0. The summed E-state index contributed by atoms with van der Waals surface area (Å²) in [4.78, 5) is 40.2. The highest BCUT2D eigenvalue weighted by molar-refractivity contribution is 8.00. The van der Waals surface area contributed by atoms with Crippen molar-refractivity contribution in [1.29, 1.82) is 0 Å². The Kier molecular flexibility index (Phi) is 12.7. The monoisotopic (exact) mass is 499 g/mol. The molecule has 0 aromatic heterocycles. The molecular weight excluding hydrogens is 466 g/mol. The summed E-state index contributed by atoms with van der Waals surface area (Å²) >= 11 is 5.77. The maximum Gasteiger partial charge on any atom is 0.326 e. The van der Waals surface area contributed by atoms with Gasteiger partial charge in [0, 0.05) is 34.9 Å². The highest BCUT2D eigenvalue weighted by atomic mass is 32.2. The van der Waals surface area contributed by atoms with E-state index in [9.17, 15) is 19.5 Å². The van der Waals surface area contributed by atoms with Crippen LogP contribution < -0.4 is 17.2 Å². The maximum absolute atomic E-state index is 12.3. The van der Waals surface area contributed by atoms with Gasteiger partial charge in [-0.15, -0.1) is 11.8 Å². The largest absolute Gasteiger partial charge is 0.480 e. The molecule has 1 aliphatic rings. The van der Waals surface area contributed by atoms with Crippen LogP contribution in [0.15, 0.2) is 40.2 Å². The van der Waals surface area contributed by atoms with E-state index in [2.05, 4.69) is 17.6 Å². The number of aliphatic carboxylic acids is 2. The lowest BCUT2D eigenvalue weighted by atomic mass is 10.1. The second-order valence-electron chi connectivity index (χ2n) is 7.61. The number of hydrogen-bond donors (Lipinski definition) is 6. The molecule has 12 heteroatoms. The number of nitrogens with two attached hydrogens (primary N) is 3. The van der Waals surface area contributed by atoms with Crippen LogP contribution in [0.4, 0.5) is 0 Å². The van der Waals surface area contributed by atoms with Crippen molar-refractivity contribution >= 4 is 48.2 Å². The fourth-order valence-corrected chi connectivity index (χ4v) is 4.43. The molecule has 1 heterocycles. The van der Waals surface area contributed by atoms with Gasteiger partial charge in [0.05, 0.1) is 0 Å². The quantitative estimate of drug-likeness (QED) is 0.117. The first-order chi connectivity index (χ1) is 15.6. The van der Waals surface area contributed by atoms with E-state index in [0.29, 0.717) is 38.1 Å². The minimum Gasteiger partial charge on any atom is -0.480 e. The second-order valence-corrected chi connectivity index (χ2v) is 9.35. The van der Waals surface area contributed by atoms with Crippen molar-refractivity contribution in [3.63, 3.8) is 0 Å². The van der Waals surface area contributed by atoms with E-state index in [4.69, 9.17) is 22.3 Å². The molecule has 1 amide bonds. The topological polar surface area (TPSA) is 185 Å². The molecule has 0 saturated carbocycles. The molecule has 10 nitrogen and oxygen atoms in total. The molecule has 4 atom stereocenters. The molecule has 0 spiro atoms. The lowest BCUT2D eigenvalue weighted by molar-refractivity contribution is -0.149. The molecule has 1 aliphatic heterocycles. The molecule has 1 saturated heterocycles. The summed E-state index contributed by atoms with van der Waals surface area (Å²) < 4.78 is 0. The van der Waals surface area contributed by atoms with Crippen LogP contribution in [0.5, 0.6) is 0 Å². The number of likely N-dealkylation sites (tertiary alicyclic amines) is 1. The van der Waals surface area contributed by atoms with Crippen LogP contribution >= 0.6 is 24.4 Å². The second kappa shape index (κ2) is 14.7. The Bertz CT molecular complexity index is 807. The van der Waals surface area contributed by atoms with Crippen molar-refractivity contribution in [3.05, 3.63) is 30.3 Å². The molecule has 2 rings (SSSR count). The number of amides is 1. The van der Waals surface area contributed by atoms with Gasteiger partial charge >= 0.3 is 11.9 Å². The lowest BCUT2D eigenvalue weighted by Crippen LogP contribution is -2.43. The Balaban J connectivity index is 0.000000389. The normalized spacial score (nSPS) is 19.1. The average Bonchev–Trinajstić information content (AvgIpc) is 3.20. The summed E-state index contributed by atoms with van der Waals surface area (Å²) in [5, 5.41) is 17.8. The molecule has 1 aromatic rings. The number of carbonyl (C=O) groups is 3.